The van der Waals surface area contributed by atoms with Crippen molar-refractivity contribution in [2.24, 2.45) is 0 Å². The number of nitrogens with one attached hydrogen (secondary N) is 2. The van der Waals surface area contributed by atoms with E-state index >= 15 is 0 Å². The van der Waals surface area contributed by atoms with Gasteiger partial charge in [-0.3, -0.25) is 19.5 Å². The largest absolute Gasteiger partial charge is 0.380 e. The Labute approximate surface area is 219 Å². The lowest BCUT2D eigenvalue weighted by atomic mass is 9.93. The van der Waals surface area contributed by atoms with Gasteiger partial charge in [-0.05, 0) is 44.7 Å². The zero-order valence-electron chi connectivity index (χ0n) is 21.7. The molecular weight excluding hydrogens is 494 g/mol. The summed E-state index contributed by atoms with van der Waals surface area (Å²) in [5.74, 6) is 0.172. The van der Waals surface area contributed by atoms with Gasteiger partial charge in [-0.2, -0.15) is 4.31 Å². The number of pyridine rings is 1. The predicted octanol–water partition coefficient (Wildman–Crippen LogP) is 2.30. The lowest BCUT2D eigenvalue weighted by molar-refractivity contribution is 0.0137. The second kappa shape index (κ2) is 12.9. The molecule has 1 saturated carbocycles. The molecule has 0 bridgehead atoms. The van der Waals surface area contributed by atoms with Gasteiger partial charge in [0.2, 0.25) is 10.0 Å². The van der Waals surface area contributed by atoms with Crippen LogP contribution < -0.4 is 21.5 Å². The van der Waals surface area contributed by atoms with Gasteiger partial charge < -0.3 is 15.4 Å². The van der Waals surface area contributed by atoms with Gasteiger partial charge in [0.15, 0.2) is 0 Å². The van der Waals surface area contributed by atoms with E-state index in [1.165, 1.54) is 0 Å². The first-order valence-electron chi connectivity index (χ1n) is 13.4. The molecule has 37 heavy (non-hydrogen) atoms. The second-order valence-electron chi connectivity index (χ2n) is 10.1. The summed E-state index contributed by atoms with van der Waals surface area (Å²) in [6.45, 7) is 6.34. The molecule has 0 spiro atoms. The molecule has 204 valence electrons. The molecule has 2 fully saturated rings. The van der Waals surface area contributed by atoms with E-state index < -0.39 is 20.9 Å². The highest BCUT2D eigenvalue weighted by atomic mass is 32.2. The SMILES string of the molecule is CC(CN(C1CCC1)S(=O)(=O)CCCCCCNc1c(Nc2ccncc2)c(=O)c1=O)N1CCOCC1. The number of nitrogens with zero attached hydrogens (tertiary/aromatic N) is 3. The summed E-state index contributed by atoms with van der Waals surface area (Å²) in [4.78, 5) is 30.2. The quantitative estimate of drug-likeness (QED) is 0.262. The van der Waals surface area contributed by atoms with Crippen LogP contribution in [0.3, 0.4) is 0 Å². The van der Waals surface area contributed by atoms with E-state index in [9.17, 15) is 18.0 Å². The smallest absolute Gasteiger partial charge is 0.253 e. The molecule has 1 unspecified atom stereocenters. The number of hydrogen-bond donors (Lipinski definition) is 2. The zero-order valence-corrected chi connectivity index (χ0v) is 22.5. The summed E-state index contributed by atoms with van der Waals surface area (Å²) in [5, 5.41) is 6.05. The second-order valence-corrected chi connectivity index (χ2v) is 12.1. The van der Waals surface area contributed by atoms with E-state index in [1.54, 1.807) is 28.8 Å². The van der Waals surface area contributed by atoms with Gasteiger partial charge >= 0.3 is 0 Å². The van der Waals surface area contributed by atoms with Gasteiger partial charge in [-0.25, -0.2) is 8.42 Å². The molecule has 0 amide bonds. The Hall–Kier alpha value is -2.34. The topological polar surface area (TPSA) is 121 Å². The minimum atomic E-state index is -3.31. The average molecular weight is 534 g/mol. The summed E-state index contributed by atoms with van der Waals surface area (Å²) >= 11 is 0. The minimum absolute atomic E-state index is 0.142. The molecule has 2 aromatic rings. The summed E-state index contributed by atoms with van der Waals surface area (Å²) in [7, 11) is -3.31. The molecule has 11 heteroatoms. The summed E-state index contributed by atoms with van der Waals surface area (Å²) in [6.07, 6.45) is 9.27. The van der Waals surface area contributed by atoms with Crippen LogP contribution in [-0.2, 0) is 14.8 Å². The van der Waals surface area contributed by atoms with Gasteiger partial charge in [0.1, 0.15) is 11.4 Å². The monoisotopic (exact) mass is 533 g/mol. The predicted molar refractivity (Wildman–Crippen MR) is 146 cm³/mol. The molecular formula is C26H39N5O5S. The number of rotatable bonds is 15. The lowest BCUT2D eigenvalue weighted by Gasteiger charge is -2.41. The molecule has 1 aliphatic heterocycles. The summed E-state index contributed by atoms with van der Waals surface area (Å²) in [5.41, 5.74) is 0.259. The Morgan fingerprint density at radius 2 is 1.73 bits per heavy atom. The minimum Gasteiger partial charge on any atom is -0.380 e. The van der Waals surface area contributed by atoms with Crippen molar-refractivity contribution in [3.8, 4) is 0 Å². The fraction of sp³-hybridized carbons (Fsp3) is 0.654. The molecule has 1 aromatic carbocycles. The van der Waals surface area contributed by atoms with Crippen LogP contribution in [0.1, 0.15) is 51.9 Å². The maximum atomic E-state index is 13.2. The third-order valence-corrected chi connectivity index (χ3v) is 9.41. The van der Waals surface area contributed by atoms with E-state index in [0.717, 1.165) is 51.6 Å². The van der Waals surface area contributed by atoms with Crippen molar-refractivity contribution in [3.05, 3.63) is 45.0 Å². The number of morpholine rings is 1. The van der Waals surface area contributed by atoms with E-state index in [0.29, 0.717) is 44.1 Å². The van der Waals surface area contributed by atoms with Crippen LogP contribution >= 0.6 is 0 Å². The summed E-state index contributed by atoms with van der Waals surface area (Å²) < 4.78 is 33.7. The van der Waals surface area contributed by atoms with Gasteiger partial charge in [0, 0.05) is 56.3 Å². The van der Waals surface area contributed by atoms with Gasteiger partial charge in [0.05, 0.1) is 19.0 Å². The Kier molecular flexibility index (Phi) is 9.69. The molecule has 2 N–H and O–H groups in total. The maximum absolute atomic E-state index is 13.2. The van der Waals surface area contributed by atoms with Crippen molar-refractivity contribution in [2.75, 3.05) is 55.8 Å². The normalized spacial score (nSPS) is 18.1. The molecule has 2 heterocycles. The Morgan fingerprint density at radius 1 is 1.05 bits per heavy atom. The van der Waals surface area contributed by atoms with E-state index in [4.69, 9.17) is 4.74 Å². The highest BCUT2D eigenvalue weighted by Crippen LogP contribution is 2.28. The fourth-order valence-electron chi connectivity index (χ4n) is 4.91. The number of unbranched alkanes of at least 4 members (excludes halogenated alkanes) is 3. The van der Waals surface area contributed by atoms with Crippen LogP contribution in [0.25, 0.3) is 0 Å². The fourth-order valence-corrected chi connectivity index (χ4v) is 6.82. The first kappa shape index (κ1) is 27.7. The summed E-state index contributed by atoms with van der Waals surface area (Å²) in [6, 6.07) is 3.77. The van der Waals surface area contributed by atoms with Crippen molar-refractivity contribution < 1.29 is 13.2 Å². The highest BCUT2D eigenvalue weighted by Gasteiger charge is 2.35. The standard InChI is InChI=1S/C26H39N5O5S/c1-20(30-14-16-36-17-15-30)19-31(22-7-6-8-22)37(34,35)18-5-3-2-4-11-28-23-24(26(33)25(23)32)29-21-9-12-27-13-10-21/h9-10,12-13,20,22,28H,2-8,11,14-19H2,1H3,(H,27,29). The number of sulfonamides is 1. The molecule has 4 rings (SSSR count). The third kappa shape index (κ3) is 7.16. The van der Waals surface area contributed by atoms with E-state index in [2.05, 4.69) is 27.4 Å². The van der Waals surface area contributed by atoms with Gasteiger partial charge in [-0.1, -0.05) is 19.3 Å². The van der Waals surface area contributed by atoms with E-state index in [-0.39, 0.29) is 23.5 Å². The number of aromatic nitrogens is 1. The van der Waals surface area contributed by atoms with Crippen LogP contribution in [-0.4, -0.2) is 79.8 Å². The number of hydrogen-bond acceptors (Lipinski definition) is 9. The molecule has 1 aliphatic carbocycles. The molecule has 0 radical (unpaired) electrons. The molecule has 1 atom stereocenters. The van der Waals surface area contributed by atoms with Crippen molar-refractivity contribution in [3.63, 3.8) is 0 Å². The highest BCUT2D eigenvalue weighted by molar-refractivity contribution is 7.89. The van der Waals surface area contributed by atoms with Gasteiger partial charge in [-0.15, -0.1) is 0 Å². The maximum Gasteiger partial charge on any atom is 0.253 e. The molecule has 10 nitrogen and oxygen atoms in total. The van der Waals surface area contributed by atoms with Crippen LogP contribution in [0.4, 0.5) is 17.1 Å². The van der Waals surface area contributed by atoms with E-state index in [1.807, 2.05) is 0 Å². The number of anilines is 3. The van der Waals surface area contributed by atoms with Crippen molar-refractivity contribution in [1.82, 2.24) is 14.2 Å². The average Bonchev–Trinajstić information content (AvgIpc) is 2.88. The molecule has 1 saturated heterocycles. The van der Waals surface area contributed by atoms with Crippen LogP contribution in [0, 0.1) is 0 Å². The van der Waals surface area contributed by atoms with Crippen molar-refractivity contribution in [2.45, 2.75) is 64.0 Å². The first-order chi connectivity index (χ1) is 17.9. The van der Waals surface area contributed by atoms with Crippen LogP contribution in [0.15, 0.2) is 34.1 Å². The Morgan fingerprint density at radius 3 is 2.41 bits per heavy atom. The van der Waals surface area contributed by atoms with Crippen molar-refractivity contribution in [1.29, 1.82) is 0 Å². The third-order valence-electron chi connectivity index (χ3n) is 7.44. The lowest BCUT2D eigenvalue weighted by Crippen LogP contribution is -2.53. The number of ether oxygens (including phenoxy) is 1. The van der Waals surface area contributed by atoms with Gasteiger partial charge in [0.25, 0.3) is 10.9 Å². The zero-order chi connectivity index (χ0) is 26.3. The van der Waals surface area contributed by atoms with Crippen molar-refractivity contribution >= 4 is 27.1 Å². The molecule has 1 aromatic heterocycles. The Balaban J connectivity index is 1.18. The van der Waals surface area contributed by atoms with Crippen LogP contribution in [0.5, 0.6) is 0 Å². The molecule has 2 aliphatic rings. The Bertz CT molecular complexity index is 1170. The first-order valence-corrected chi connectivity index (χ1v) is 15.0. The van der Waals surface area contributed by atoms with Crippen LogP contribution in [0.2, 0.25) is 0 Å².